The van der Waals surface area contributed by atoms with Gasteiger partial charge in [-0.3, -0.25) is 14.5 Å². The second-order valence-corrected chi connectivity index (χ2v) is 7.13. The highest BCUT2D eigenvalue weighted by molar-refractivity contribution is 6.31. The average Bonchev–Trinajstić information content (AvgIpc) is 3.12. The Hall–Kier alpha value is -3.06. The number of benzene rings is 1. The van der Waals surface area contributed by atoms with Crippen molar-refractivity contribution in [1.82, 2.24) is 19.7 Å². The molecule has 0 bridgehead atoms. The SMILES string of the molecule is CN=C(N=C(C)c1cccc(Cl)c1)C(C)N(C)c1nnc(-c2ccncc2)n1C. The Morgan fingerprint density at radius 2 is 1.90 bits per heavy atom. The van der Waals surface area contributed by atoms with E-state index in [2.05, 4.69) is 20.2 Å². The second-order valence-electron chi connectivity index (χ2n) is 6.69. The fourth-order valence-electron chi connectivity index (χ4n) is 3.01. The van der Waals surface area contributed by atoms with Crippen LogP contribution >= 0.6 is 11.6 Å². The molecule has 2 aromatic heterocycles. The minimum absolute atomic E-state index is 0.109. The number of aromatic nitrogens is 4. The lowest BCUT2D eigenvalue weighted by atomic mass is 10.1. The molecule has 150 valence electrons. The number of rotatable bonds is 5. The lowest BCUT2D eigenvalue weighted by Gasteiger charge is -2.25. The number of nitrogens with zero attached hydrogens (tertiary/aromatic N) is 7. The van der Waals surface area contributed by atoms with Crippen LogP contribution in [0.3, 0.4) is 0 Å². The molecule has 0 aliphatic carbocycles. The molecule has 0 aliphatic heterocycles. The van der Waals surface area contributed by atoms with Crippen LogP contribution in [-0.4, -0.2) is 51.4 Å². The average molecular weight is 410 g/mol. The second kappa shape index (κ2) is 8.96. The molecule has 3 rings (SSSR count). The number of pyridine rings is 1. The first-order valence-electron chi connectivity index (χ1n) is 9.23. The van der Waals surface area contributed by atoms with Crippen molar-refractivity contribution in [3.63, 3.8) is 0 Å². The third kappa shape index (κ3) is 4.51. The molecule has 0 aliphatic rings. The molecule has 7 nitrogen and oxygen atoms in total. The molecular weight excluding hydrogens is 386 g/mol. The Balaban J connectivity index is 1.86. The van der Waals surface area contributed by atoms with Gasteiger partial charge in [-0.25, -0.2) is 4.99 Å². The maximum atomic E-state index is 6.11. The molecule has 1 unspecified atom stereocenters. The zero-order chi connectivity index (χ0) is 21.0. The van der Waals surface area contributed by atoms with Crippen molar-refractivity contribution in [2.45, 2.75) is 19.9 Å². The summed E-state index contributed by atoms with van der Waals surface area (Å²) >= 11 is 6.11. The van der Waals surface area contributed by atoms with Crippen molar-refractivity contribution in [3.8, 4) is 11.4 Å². The molecule has 0 fully saturated rings. The van der Waals surface area contributed by atoms with Gasteiger partial charge in [0.25, 0.3) is 0 Å². The van der Waals surface area contributed by atoms with Gasteiger partial charge in [0.1, 0.15) is 5.84 Å². The summed E-state index contributed by atoms with van der Waals surface area (Å²) in [5.74, 6) is 2.19. The van der Waals surface area contributed by atoms with Gasteiger partial charge < -0.3 is 4.90 Å². The third-order valence-corrected chi connectivity index (χ3v) is 5.05. The van der Waals surface area contributed by atoms with Crippen LogP contribution in [0.4, 0.5) is 5.95 Å². The van der Waals surface area contributed by atoms with Gasteiger partial charge in [-0.1, -0.05) is 23.7 Å². The molecule has 0 saturated carbocycles. The molecule has 0 radical (unpaired) electrons. The van der Waals surface area contributed by atoms with Crippen LogP contribution in [0.1, 0.15) is 19.4 Å². The topological polar surface area (TPSA) is 71.6 Å². The molecule has 0 saturated heterocycles. The van der Waals surface area contributed by atoms with Crippen molar-refractivity contribution >= 4 is 29.1 Å². The molecule has 1 aromatic carbocycles. The predicted molar refractivity (Wildman–Crippen MR) is 119 cm³/mol. The number of anilines is 1. The Morgan fingerprint density at radius 1 is 1.17 bits per heavy atom. The number of aliphatic imine (C=N–C) groups is 2. The minimum Gasteiger partial charge on any atom is -0.334 e. The predicted octanol–water partition coefficient (Wildman–Crippen LogP) is 3.89. The van der Waals surface area contributed by atoms with Crippen molar-refractivity contribution in [3.05, 3.63) is 59.4 Å². The van der Waals surface area contributed by atoms with Gasteiger partial charge in [0.2, 0.25) is 5.95 Å². The molecular formula is C21H24ClN7. The molecule has 3 aromatic rings. The van der Waals surface area contributed by atoms with E-state index < -0.39 is 0 Å². The molecule has 0 amide bonds. The van der Waals surface area contributed by atoms with E-state index in [1.165, 1.54) is 0 Å². The quantitative estimate of drug-likeness (QED) is 0.473. The van der Waals surface area contributed by atoms with Crippen LogP contribution in [0.2, 0.25) is 5.02 Å². The molecule has 29 heavy (non-hydrogen) atoms. The number of hydrogen-bond acceptors (Lipinski definition) is 5. The first-order chi connectivity index (χ1) is 13.9. The van der Waals surface area contributed by atoms with Gasteiger partial charge >= 0.3 is 0 Å². The largest absolute Gasteiger partial charge is 0.334 e. The first-order valence-corrected chi connectivity index (χ1v) is 9.60. The van der Waals surface area contributed by atoms with Crippen LogP contribution in [-0.2, 0) is 7.05 Å². The number of amidine groups is 1. The van der Waals surface area contributed by atoms with Gasteiger partial charge in [0.05, 0.1) is 6.04 Å². The maximum absolute atomic E-state index is 6.11. The molecule has 0 spiro atoms. The lowest BCUT2D eigenvalue weighted by Crippen LogP contribution is -2.37. The van der Waals surface area contributed by atoms with Crippen LogP contribution in [0, 0.1) is 0 Å². The summed E-state index contributed by atoms with van der Waals surface area (Å²) in [7, 11) is 5.64. The molecule has 1 atom stereocenters. The van der Waals surface area contributed by atoms with E-state index in [9.17, 15) is 0 Å². The van der Waals surface area contributed by atoms with E-state index in [4.69, 9.17) is 16.6 Å². The summed E-state index contributed by atoms with van der Waals surface area (Å²) in [6.07, 6.45) is 3.48. The Labute approximate surface area is 175 Å². The summed E-state index contributed by atoms with van der Waals surface area (Å²) in [4.78, 5) is 15.2. The molecule has 2 heterocycles. The van der Waals surface area contributed by atoms with E-state index >= 15 is 0 Å². The minimum atomic E-state index is -0.109. The first kappa shape index (κ1) is 20.7. The van der Waals surface area contributed by atoms with Crippen LogP contribution in [0.5, 0.6) is 0 Å². The smallest absolute Gasteiger partial charge is 0.227 e. The van der Waals surface area contributed by atoms with Crippen LogP contribution in [0.15, 0.2) is 58.8 Å². The Morgan fingerprint density at radius 3 is 2.55 bits per heavy atom. The van der Waals surface area contributed by atoms with Gasteiger partial charge in [0, 0.05) is 49.8 Å². The monoisotopic (exact) mass is 409 g/mol. The summed E-state index contributed by atoms with van der Waals surface area (Å²) < 4.78 is 1.95. The highest BCUT2D eigenvalue weighted by Crippen LogP contribution is 2.21. The van der Waals surface area contributed by atoms with Gasteiger partial charge in [0.15, 0.2) is 5.82 Å². The molecule has 0 N–H and O–H groups in total. The zero-order valence-electron chi connectivity index (χ0n) is 17.2. The summed E-state index contributed by atoms with van der Waals surface area (Å²) in [6, 6.07) is 11.3. The van der Waals surface area contributed by atoms with E-state index in [0.717, 1.165) is 28.6 Å². The van der Waals surface area contributed by atoms with Gasteiger partial charge in [-0.2, -0.15) is 0 Å². The van der Waals surface area contributed by atoms with Gasteiger partial charge in [-0.15, -0.1) is 10.2 Å². The maximum Gasteiger partial charge on any atom is 0.227 e. The van der Waals surface area contributed by atoms with Crippen LogP contribution < -0.4 is 4.90 Å². The summed E-state index contributed by atoms with van der Waals surface area (Å²) in [5.41, 5.74) is 2.78. The van der Waals surface area contributed by atoms with E-state index in [0.29, 0.717) is 10.9 Å². The van der Waals surface area contributed by atoms with E-state index in [-0.39, 0.29) is 6.04 Å². The Bertz CT molecular complexity index is 1040. The van der Waals surface area contributed by atoms with Crippen LogP contribution in [0.25, 0.3) is 11.4 Å². The summed E-state index contributed by atoms with van der Waals surface area (Å²) in [6.45, 7) is 3.99. The van der Waals surface area contributed by atoms with Crippen molar-refractivity contribution < 1.29 is 0 Å². The molecule has 8 heteroatoms. The van der Waals surface area contributed by atoms with Gasteiger partial charge in [-0.05, 0) is 43.7 Å². The lowest BCUT2D eigenvalue weighted by molar-refractivity contribution is 0.772. The van der Waals surface area contributed by atoms with Crippen molar-refractivity contribution in [2.75, 3.05) is 19.0 Å². The van der Waals surface area contributed by atoms with E-state index in [1.807, 2.05) is 73.8 Å². The highest BCUT2D eigenvalue weighted by atomic mass is 35.5. The Kier molecular flexibility index (Phi) is 6.39. The fourth-order valence-corrected chi connectivity index (χ4v) is 3.20. The zero-order valence-corrected chi connectivity index (χ0v) is 18.0. The van der Waals surface area contributed by atoms with Crippen molar-refractivity contribution in [1.29, 1.82) is 0 Å². The number of likely N-dealkylation sites (N-methyl/N-ethyl adjacent to an activating group) is 1. The third-order valence-electron chi connectivity index (χ3n) is 4.81. The number of hydrogen-bond donors (Lipinski definition) is 0. The van der Waals surface area contributed by atoms with E-state index in [1.54, 1.807) is 19.4 Å². The number of halogens is 1. The normalized spacial score (nSPS) is 13.4. The highest BCUT2D eigenvalue weighted by Gasteiger charge is 2.22. The standard InChI is InChI=1S/C21H24ClN7/c1-14(17-7-6-8-18(22)13-17)25-19(23-3)15(2)28(4)21-27-26-20(29(21)5)16-9-11-24-12-10-16/h6-13,15H,1-5H3. The fraction of sp³-hybridized carbons (Fsp3) is 0.286. The summed E-state index contributed by atoms with van der Waals surface area (Å²) in [5, 5.41) is 9.40. The van der Waals surface area contributed by atoms with Crippen molar-refractivity contribution in [2.24, 2.45) is 17.0 Å².